The molecule has 6 rings (SSSR count). The molecule has 2 saturated carbocycles. The molecule has 0 aliphatic heterocycles. The number of fused-ring (bicyclic) bond motifs is 1. The topological polar surface area (TPSA) is 154 Å². The number of halogens is 2. The summed E-state index contributed by atoms with van der Waals surface area (Å²) in [5.74, 6) is -0.980. The molecule has 2 aliphatic rings. The summed E-state index contributed by atoms with van der Waals surface area (Å²) in [7, 11) is 1.75. The predicted molar refractivity (Wildman–Crippen MR) is 137 cm³/mol. The fourth-order valence-corrected chi connectivity index (χ4v) is 5.74. The Kier molecular flexibility index (Phi) is 5.98. The van der Waals surface area contributed by atoms with Gasteiger partial charge in [0.25, 0.3) is 11.8 Å². The molecule has 0 atom stereocenters. The molecule has 1 spiro atoms. The summed E-state index contributed by atoms with van der Waals surface area (Å²) in [6.07, 6.45) is 4.34. The van der Waals surface area contributed by atoms with Crippen LogP contribution in [0, 0.1) is 16.7 Å². The first kappa shape index (κ1) is 25.4. The fourth-order valence-electron chi connectivity index (χ4n) is 5.74. The van der Waals surface area contributed by atoms with E-state index in [9.17, 15) is 18.4 Å². The van der Waals surface area contributed by atoms with Gasteiger partial charge in [0.05, 0.1) is 23.5 Å². The number of primary amides is 1. The van der Waals surface area contributed by atoms with Crippen molar-refractivity contribution >= 4 is 22.8 Å². The number of benzene rings is 1. The third-order valence-corrected chi connectivity index (χ3v) is 7.69. The number of hydrogen-bond donors (Lipinski definition) is 2. The number of rotatable bonds is 7. The number of hydrogen-bond acceptors (Lipinski definition) is 7. The lowest BCUT2D eigenvalue weighted by atomic mass is 9.53. The van der Waals surface area contributed by atoms with Gasteiger partial charge in [-0.05, 0) is 55.4 Å². The van der Waals surface area contributed by atoms with Crippen molar-refractivity contribution in [3.8, 4) is 23.2 Å². The molecule has 2 aliphatic carbocycles. The zero-order valence-electron chi connectivity index (χ0n) is 21.3. The second-order valence-electron chi connectivity index (χ2n) is 10.4. The van der Waals surface area contributed by atoms with Crippen LogP contribution in [0.2, 0.25) is 0 Å². The van der Waals surface area contributed by atoms with Gasteiger partial charge in [-0.1, -0.05) is 12.1 Å². The van der Waals surface area contributed by atoms with Crippen LogP contribution in [-0.2, 0) is 7.05 Å². The number of alkyl halides is 2. The lowest BCUT2D eigenvalue weighted by molar-refractivity contribution is -0.0847. The van der Waals surface area contributed by atoms with Crippen molar-refractivity contribution in [1.29, 1.82) is 5.26 Å². The lowest BCUT2D eigenvalue weighted by Crippen LogP contribution is -2.58. The molecular weight excluding hydrogens is 522 g/mol. The zero-order chi connectivity index (χ0) is 28.2. The van der Waals surface area contributed by atoms with Crippen molar-refractivity contribution in [3.63, 3.8) is 0 Å². The van der Waals surface area contributed by atoms with Gasteiger partial charge < -0.3 is 15.8 Å². The second kappa shape index (κ2) is 9.41. The maximum Gasteiger partial charge on any atom is 0.333 e. The van der Waals surface area contributed by atoms with Crippen LogP contribution in [0.5, 0.6) is 5.88 Å². The molecular formula is C27H24F2N8O3. The van der Waals surface area contributed by atoms with E-state index >= 15 is 0 Å². The summed E-state index contributed by atoms with van der Waals surface area (Å²) in [6, 6.07) is 10.9. The molecule has 2 amide bonds. The van der Waals surface area contributed by atoms with Gasteiger partial charge in [0.1, 0.15) is 11.7 Å². The number of aromatic nitrogens is 5. The first-order valence-corrected chi connectivity index (χ1v) is 12.6. The van der Waals surface area contributed by atoms with Crippen molar-refractivity contribution in [1.82, 2.24) is 29.9 Å². The molecule has 3 heterocycles. The van der Waals surface area contributed by atoms with E-state index < -0.39 is 18.4 Å². The summed E-state index contributed by atoms with van der Waals surface area (Å²) >= 11 is 0. The highest BCUT2D eigenvalue weighted by atomic mass is 19.3. The van der Waals surface area contributed by atoms with Crippen molar-refractivity contribution in [2.45, 2.75) is 44.4 Å². The number of ether oxygens (including phenoxy) is 1. The van der Waals surface area contributed by atoms with Gasteiger partial charge in [0, 0.05) is 24.0 Å². The van der Waals surface area contributed by atoms with Crippen LogP contribution >= 0.6 is 0 Å². The molecule has 3 aromatic heterocycles. The van der Waals surface area contributed by atoms with E-state index in [1.807, 2.05) is 6.07 Å². The predicted octanol–water partition coefficient (Wildman–Crippen LogP) is 3.32. The van der Waals surface area contributed by atoms with Crippen molar-refractivity contribution in [2.75, 3.05) is 0 Å². The van der Waals surface area contributed by atoms with Crippen LogP contribution in [0.3, 0.4) is 0 Å². The van der Waals surface area contributed by atoms with Gasteiger partial charge in [0.15, 0.2) is 11.3 Å². The number of nitrogens with zero attached hydrogens (tertiary/aromatic N) is 6. The minimum Gasteiger partial charge on any atom is -0.474 e. The maximum atomic E-state index is 13.6. The molecule has 13 heteroatoms. The Bertz CT molecular complexity index is 1670. The van der Waals surface area contributed by atoms with Crippen molar-refractivity contribution in [3.05, 3.63) is 59.4 Å². The highest BCUT2D eigenvalue weighted by Gasteiger charge is 2.54. The van der Waals surface area contributed by atoms with Gasteiger partial charge in [-0.3, -0.25) is 14.3 Å². The Balaban J connectivity index is 1.07. The SMILES string of the molecule is Cn1ncc2cc(C(N)=O)c(OC3CC4(CC(NC(=O)c5cc(-c6ccc(C#N)cc6)n(C(F)F)n5)C4)C3)nc21. The summed E-state index contributed by atoms with van der Waals surface area (Å²) in [4.78, 5) is 29.3. The molecule has 0 radical (unpaired) electrons. The first-order chi connectivity index (χ1) is 19.1. The van der Waals surface area contributed by atoms with Crippen molar-refractivity contribution < 1.29 is 23.1 Å². The highest BCUT2D eigenvalue weighted by Crippen LogP contribution is 2.57. The minimum atomic E-state index is -2.94. The minimum absolute atomic E-state index is 0.00209. The molecule has 2 fully saturated rings. The Morgan fingerprint density at radius 2 is 1.93 bits per heavy atom. The number of nitrogens with one attached hydrogen (secondary N) is 1. The number of carbonyl (C=O) groups is 2. The average molecular weight is 547 g/mol. The largest absolute Gasteiger partial charge is 0.474 e. The second-order valence-corrected chi connectivity index (χ2v) is 10.4. The van der Waals surface area contributed by atoms with Crippen LogP contribution in [0.15, 0.2) is 42.6 Å². The molecule has 204 valence electrons. The van der Waals surface area contributed by atoms with Crippen LogP contribution < -0.4 is 15.8 Å². The Morgan fingerprint density at radius 3 is 2.58 bits per heavy atom. The van der Waals surface area contributed by atoms with E-state index in [-0.39, 0.29) is 40.4 Å². The number of nitriles is 1. The molecule has 11 nitrogen and oxygen atoms in total. The van der Waals surface area contributed by atoms with Crippen LogP contribution in [0.4, 0.5) is 8.78 Å². The van der Waals surface area contributed by atoms with E-state index in [4.69, 9.17) is 15.7 Å². The Morgan fingerprint density at radius 1 is 1.20 bits per heavy atom. The van der Waals surface area contributed by atoms with E-state index in [1.54, 1.807) is 24.0 Å². The standard InChI is InChI=1S/C27H24F2N8O3/c1-36-23-16(13-32-36)6-19(22(31)38)25(34-23)40-18-10-27(11-18)8-17(9-27)33-24(39)20-7-21(37(35-20)26(28)29)15-4-2-14(12-30)3-5-15/h2-7,13,17-18,26H,8-11H2,1H3,(H2,31,38)(H,33,39). The molecule has 0 saturated heterocycles. The van der Waals surface area contributed by atoms with Crippen LogP contribution in [0.1, 0.15) is 58.6 Å². The van der Waals surface area contributed by atoms with Gasteiger partial charge in [-0.2, -0.15) is 29.2 Å². The van der Waals surface area contributed by atoms with Crippen LogP contribution in [-0.4, -0.2) is 48.5 Å². The van der Waals surface area contributed by atoms with Gasteiger partial charge >= 0.3 is 6.55 Å². The summed E-state index contributed by atoms with van der Waals surface area (Å²) in [5, 5.41) is 20.5. The summed E-state index contributed by atoms with van der Waals surface area (Å²) in [6.45, 7) is -2.94. The van der Waals surface area contributed by atoms with Gasteiger partial charge in [-0.15, -0.1) is 0 Å². The van der Waals surface area contributed by atoms with E-state index in [2.05, 4.69) is 20.5 Å². The number of amides is 2. The number of carbonyl (C=O) groups excluding carboxylic acids is 2. The normalized spacial score (nSPS) is 21.6. The smallest absolute Gasteiger partial charge is 0.333 e. The molecule has 1 aromatic carbocycles. The lowest BCUT2D eigenvalue weighted by Gasteiger charge is -2.57. The van der Waals surface area contributed by atoms with E-state index in [0.29, 0.717) is 39.7 Å². The molecule has 4 aromatic rings. The maximum absolute atomic E-state index is 13.6. The Labute approximate surface area is 226 Å². The van der Waals surface area contributed by atoms with E-state index in [1.165, 1.54) is 30.3 Å². The summed E-state index contributed by atoms with van der Waals surface area (Å²) < 4.78 is 35.4. The van der Waals surface area contributed by atoms with Crippen molar-refractivity contribution in [2.24, 2.45) is 18.2 Å². The van der Waals surface area contributed by atoms with E-state index in [0.717, 1.165) is 12.8 Å². The average Bonchev–Trinajstić information content (AvgIpc) is 3.50. The quantitative estimate of drug-likeness (QED) is 0.360. The highest BCUT2D eigenvalue weighted by molar-refractivity contribution is 5.98. The third kappa shape index (κ3) is 4.41. The monoisotopic (exact) mass is 546 g/mol. The summed E-state index contributed by atoms with van der Waals surface area (Å²) in [5.41, 5.74) is 7.11. The fraction of sp³-hybridized carbons (Fsp3) is 0.333. The molecule has 0 unspecified atom stereocenters. The number of pyridine rings is 1. The van der Waals surface area contributed by atoms with Gasteiger partial charge in [0.2, 0.25) is 5.88 Å². The number of nitrogens with two attached hydrogens (primary N) is 1. The first-order valence-electron chi connectivity index (χ1n) is 12.6. The zero-order valence-corrected chi connectivity index (χ0v) is 21.3. The number of aryl methyl sites for hydroxylation is 1. The third-order valence-electron chi connectivity index (χ3n) is 7.69. The molecule has 0 bridgehead atoms. The molecule has 40 heavy (non-hydrogen) atoms. The molecule has 3 N–H and O–H groups in total. The van der Waals surface area contributed by atoms with Gasteiger partial charge in [-0.25, -0.2) is 4.68 Å². The van der Waals surface area contributed by atoms with Crippen LogP contribution in [0.25, 0.3) is 22.3 Å². The Hall–Kier alpha value is -4.86.